The van der Waals surface area contributed by atoms with Gasteiger partial charge in [-0.15, -0.1) is 23.2 Å². The van der Waals surface area contributed by atoms with E-state index in [-0.39, 0.29) is 24.0 Å². The number of halogens is 2. The van der Waals surface area contributed by atoms with Crippen LogP contribution in [0.2, 0.25) is 0 Å². The molecule has 1 aliphatic carbocycles. The molecule has 1 heterocycles. The van der Waals surface area contributed by atoms with E-state index in [2.05, 4.69) is 10.4 Å². The number of rotatable bonds is 6. The van der Waals surface area contributed by atoms with Crippen molar-refractivity contribution in [2.75, 3.05) is 16.8 Å². The van der Waals surface area contributed by atoms with Crippen LogP contribution in [-0.2, 0) is 21.2 Å². The number of amides is 1. The summed E-state index contributed by atoms with van der Waals surface area (Å²) in [6, 6.07) is 1.60. The number of nitrogens with one attached hydrogen (secondary N) is 1. The lowest BCUT2D eigenvalue weighted by Gasteiger charge is -2.10. The molecule has 118 valence electrons. The van der Waals surface area contributed by atoms with Gasteiger partial charge in [0, 0.05) is 18.0 Å². The number of hydrogen-bond acceptors (Lipinski definition) is 4. The van der Waals surface area contributed by atoms with Crippen molar-refractivity contribution in [1.82, 2.24) is 9.78 Å². The molecular formula is C12H17Cl2N3O3S. The van der Waals surface area contributed by atoms with Crippen LogP contribution in [-0.4, -0.2) is 39.9 Å². The van der Waals surface area contributed by atoms with Gasteiger partial charge in [-0.1, -0.05) is 6.92 Å². The Hall–Kier alpha value is -0.790. The predicted molar refractivity (Wildman–Crippen MR) is 82.3 cm³/mol. The quantitative estimate of drug-likeness (QED) is 0.791. The number of aromatic nitrogens is 2. The van der Waals surface area contributed by atoms with Gasteiger partial charge in [0.1, 0.15) is 4.33 Å². The Labute approximate surface area is 133 Å². The highest BCUT2D eigenvalue weighted by Gasteiger charge is 2.68. The molecule has 1 aromatic rings. The summed E-state index contributed by atoms with van der Waals surface area (Å²) in [6.07, 6.45) is 2.01. The van der Waals surface area contributed by atoms with Gasteiger partial charge in [-0.25, -0.2) is 8.42 Å². The summed E-state index contributed by atoms with van der Waals surface area (Å²) in [5, 5.41) is 6.75. The van der Waals surface area contributed by atoms with Gasteiger partial charge in [0.25, 0.3) is 0 Å². The fourth-order valence-electron chi connectivity index (χ4n) is 1.83. The molecule has 0 radical (unpaired) electrons. The summed E-state index contributed by atoms with van der Waals surface area (Å²) >= 11 is 11.9. The van der Waals surface area contributed by atoms with Crippen molar-refractivity contribution in [2.45, 2.75) is 31.1 Å². The van der Waals surface area contributed by atoms with Crippen LogP contribution in [0.3, 0.4) is 0 Å². The average molecular weight is 354 g/mol. The molecule has 0 bridgehead atoms. The topological polar surface area (TPSA) is 81.1 Å². The third-order valence-electron chi connectivity index (χ3n) is 3.71. The highest BCUT2D eigenvalue weighted by molar-refractivity contribution is 7.91. The zero-order valence-electron chi connectivity index (χ0n) is 11.8. The molecule has 9 heteroatoms. The molecule has 21 heavy (non-hydrogen) atoms. The van der Waals surface area contributed by atoms with E-state index >= 15 is 0 Å². The Balaban J connectivity index is 1.94. The molecule has 0 saturated heterocycles. The van der Waals surface area contributed by atoms with E-state index in [4.69, 9.17) is 23.2 Å². The number of nitrogens with zero attached hydrogens (tertiary/aromatic N) is 2. The minimum Gasteiger partial charge on any atom is -0.309 e. The zero-order valence-corrected chi connectivity index (χ0v) is 14.1. The summed E-state index contributed by atoms with van der Waals surface area (Å²) in [7, 11) is -3.04. The summed E-state index contributed by atoms with van der Waals surface area (Å²) in [6.45, 7) is 3.54. The van der Waals surface area contributed by atoms with Gasteiger partial charge in [0.15, 0.2) is 15.7 Å². The Morgan fingerprint density at radius 1 is 1.52 bits per heavy atom. The number of carbonyl (C=O) groups is 1. The van der Waals surface area contributed by atoms with Crippen LogP contribution < -0.4 is 5.32 Å². The molecule has 1 atom stereocenters. The first kappa shape index (κ1) is 16.6. The molecule has 1 unspecified atom stereocenters. The monoisotopic (exact) mass is 353 g/mol. The highest BCUT2D eigenvalue weighted by Crippen LogP contribution is 2.64. The Kier molecular flexibility index (Phi) is 4.30. The number of hydrogen-bond donors (Lipinski definition) is 1. The van der Waals surface area contributed by atoms with Gasteiger partial charge < -0.3 is 5.32 Å². The van der Waals surface area contributed by atoms with Crippen LogP contribution >= 0.6 is 23.2 Å². The second-order valence-corrected chi connectivity index (χ2v) is 9.32. The molecule has 1 fully saturated rings. The first-order chi connectivity index (χ1) is 9.60. The number of aryl methyl sites for hydroxylation is 1. The zero-order chi connectivity index (χ0) is 15.9. The van der Waals surface area contributed by atoms with Crippen LogP contribution in [0, 0.1) is 5.41 Å². The Morgan fingerprint density at radius 3 is 2.67 bits per heavy atom. The summed E-state index contributed by atoms with van der Waals surface area (Å²) in [5.41, 5.74) is -0.814. The van der Waals surface area contributed by atoms with Gasteiger partial charge in [-0.2, -0.15) is 5.10 Å². The van der Waals surface area contributed by atoms with E-state index in [1.807, 2.05) is 0 Å². The van der Waals surface area contributed by atoms with Crippen molar-refractivity contribution in [3.63, 3.8) is 0 Å². The van der Waals surface area contributed by atoms with Crippen molar-refractivity contribution < 1.29 is 13.2 Å². The fourth-order valence-corrected chi connectivity index (χ4v) is 3.29. The molecule has 1 aliphatic rings. The van der Waals surface area contributed by atoms with E-state index < -0.39 is 19.6 Å². The van der Waals surface area contributed by atoms with Crippen LogP contribution in [0.25, 0.3) is 0 Å². The molecule has 1 amide bonds. The molecule has 0 spiro atoms. The molecule has 1 aromatic heterocycles. The number of carbonyl (C=O) groups excluding carboxylic acids is 1. The third-order valence-corrected chi connectivity index (χ3v) is 6.50. The van der Waals surface area contributed by atoms with E-state index in [1.54, 1.807) is 26.1 Å². The van der Waals surface area contributed by atoms with Crippen LogP contribution in [0.4, 0.5) is 5.82 Å². The smallest absolute Gasteiger partial charge is 0.234 e. The molecule has 1 saturated carbocycles. The van der Waals surface area contributed by atoms with Crippen LogP contribution in [0.1, 0.15) is 20.3 Å². The minimum atomic E-state index is -3.04. The van der Waals surface area contributed by atoms with Crippen molar-refractivity contribution >= 4 is 44.8 Å². The fraction of sp³-hybridized carbons (Fsp3) is 0.667. The molecular weight excluding hydrogens is 337 g/mol. The first-order valence-electron chi connectivity index (χ1n) is 6.53. The maximum Gasteiger partial charge on any atom is 0.234 e. The van der Waals surface area contributed by atoms with E-state index in [0.717, 1.165) is 0 Å². The van der Waals surface area contributed by atoms with Crippen molar-refractivity contribution in [3.8, 4) is 0 Å². The highest BCUT2D eigenvalue weighted by atomic mass is 35.5. The average Bonchev–Trinajstić information content (AvgIpc) is 2.76. The van der Waals surface area contributed by atoms with Crippen molar-refractivity contribution in [2.24, 2.45) is 5.41 Å². The number of anilines is 1. The first-order valence-corrected chi connectivity index (χ1v) is 9.10. The van der Waals surface area contributed by atoms with Crippen LogP contribution in [0.15, 0.2) is 12.3 Å². The van der Waals surface area contributed by atoms with E-state index in [1.165, 1.54) is 4.68 Å². The van der Waals surface area contributed by atoms with Crippen LogP contribution in [0.5, 0.6) is 0 Å². The number of sulfone groups is 1. The summed E-state index contributed by atoms with van der Waals surface area (Å²) < 4.78 is 23.3. The lowest BCUT2D eigenvalue weighted by atomic mass is 10.1. The molecule has 6 nitrogen and oxygen atoms in total. The van der Waals surface area contributed by atoms with Gasteiger partial charge in [-0.3, -0.25) is 9.48 Å². The van der Waals surface area contributed by atoms with Crippen molar-refractivity contribution in [3.05, 3.63) is 12.3 Å². The van der Waals surface area contributed by atoms with Gasteiger partial charge in [0.2, 0.25) is 5.91 Å². The lowest BCUT2D eigenvalue weighted by molar-refractivity contribution is -0.120. The molecule has 0 aliphatic heterocycles. The second-order valence-electron chi connectivity index (χ2n) is 5.37. The van der Waals surface area contributed by atoms with E-state index in [0.29, 0.717) is 12.2 Å². The second kappa shape index (κ2) is 5.44. The maximum atomic E-state index is 12.1. The molecule has 0 aromatic carbocycles. The summed E-state index contributed by atoms with van der Waals surface area (Å²) in [5.74, 6) is 0.178. The normalized spacial score (nSPS) is 23.8. The summed E-state index contributed by atoms with van der Waals surface area (Å²) in [4.78, 5) is 12.1. The standard InChI is InChI=1S/C12H17Cl2N3O3S/c1-3-21(19,20)7-6-17-5-4-9(16-17)15-10(18)11(2)8-12(11,13)14/h4-5H,3,6-8H2,1-2H3,(H,15,16,18). The third kappa shape index (κ3) is 3.52. The van der Waals surface area contributed by atoms with Gasteiger partial charge >= 0.3 is 0 Å². The van der Waals surface area contributed by atoms with Gasteiger partial charge in [-0.05, 0) is 13.3 Å². The molecule has 2 rings (SSSR count). The minimum absolute atomic E-state index is 0.0166. The number of alkyl halides is 2. The lowest BCUT2D eigenvalue weighted by Crippen LogP contribution is -2.26. The predicted octanol–water partition coefficient (Wildman–Crippen LogP) is 1.84. The largest absolute Gasteiger partial charge is 0.309 e. The maximum absolute atomic E-state index is 12.1. The van der Waals surface area contributed by atoms with Crippen molar-refractivity contribution in [1.29, 1.82) is 0 Å². The Morgan fingerprint density at radius 2 is 2.14 bits per heavy atom. The Bertz CT molecular complexity index is 656. The van der Waals surface area contributed by atoms with E-state index in [9.17, 15) is 13.2 Å². The SMILES string of the molecule is CCS(=O)(=O)CCn1ccc(NC(=O)C2(C)CC2(Cl)Cl)n1. The molecule has 1 N–H and O–H groups in total. The van der Waals surface area contributed by atoms with Gasteiger partial charge in [0.05, 0.1) is 17.7 Å².